The third-order valence-electron chi connectivity index (χ3n) is 4.99. The van der Waals surface area contributed by atoms with Crippen LogP contribution in [0.1, 0.15) is 39.3 Å². The number of Topliss-reactive ketones (excluding diaryl/α,β-unsaturated/α-hetero) is 1. The standard InChI is InChI=1S/C25H22O7/c1-25(30-21-12-8-7-11-20(21)24(27)32-25)31-23(22(26)16-9-5-4-6-10-16)17-13-18(28-2)15-19(14-17)29-3/h4-15,23H,1-3H3. The van der Waals surface area contributed by atoms with Crippen LogP contribution in [0.25, 0.3) is 0 Å². The number of rotatable bonds is 7. The van der Waals surface area contributed by atoms with E-state index in [-0.39, 0.29) is 11.3 Å². The van der Waals surface area contributed by atoms with Crippen molar-refractivity contribution in [2.45, 2.75) is 19.0 Å². The number of para-hydroxylation sites is 1. The number of benzene rings is 3. The lowest BCUT2D eigenvalue weighted by atomic mass is 9.99. The minimum atomic E-state index is -1.84. The Morgan fingerprint density at radius 2 is 1.50 bits per heavy atom. The smallest absolute Gasteiger partial charge is 0.371 e. The zero-order chi connectivity index (χ0) is 22.7. The maximum atomic E-state index is 13.5. The number of hydrogen-bond donors (Lipinski definition) is 0. The van der Waals surface area contributed by atoms with E-state index in [1.807, 2.05) is 6.07 Å². The van der Waals surface area contributed by atoms with Gasteiger partial charge in [-0.2, -0.15) is 0 Å². The number of carbonyl (C=O) groups excluding carboxylic acids is 2. The number of hydrogen-bond acceptors (Lipinski definition) is 7. The van der Waals surface area contributed by atoms with Crippen molar-refractivity contribution in [3.63, 3.8) is 0 Å². The Balaban J connectivity index is 1.75. The molecule has 164 valence electrons. The van der Waals surface area contributed by atoms with Crippen molar-refractivity contribution in [1.82, 2.24) is 0 Å². The topological polar surface area (TPSA) is 80.3 Å². The van der Waals surface area contributed by atoms with Crippen LogP contribution in [0.5, 0.6) is 17.2 Å². The van der Waals surface area contributed by atoms with Crippen LogP contribution in [0.3, 0.4) is 0 Å². The third-order valence-corrected chi connectivity index (χ3v) is 4.99. The van der Waals surface area contributed by atoms with Crippen LogP contribution in [0.2, 0.25) is 0 Å². The van der Waals surface area contributed by atoms with Gasteiger partial charge in [-0.15, -0.1) is 0 Å². The Morgan fingerprint density at radius 1 is 0.875 bits per heavy atom. The monoisotopic (exact) mass is 434 g/mol. The number of esters is 1. The summed E-state index contributed by atoms with van der Waals surface area (Å²) in [5.74, 6) is -1.53. The second-order valence-corrected chi connectivity index (χ2v) is 7.22. The van der Waals surface area contributed by atoms with E-state index in [0.29, 0.717) is 28.4 Å². The van der Waals surface area contributed by atoms with Crippen molar-refractivity contribution in [3.8, 4) is 17.2 Å². The van der Waals surface area contributed by atoms with Gasteiger partial charge in [0, 0.05) is 18.6 Å². The quantitative estimate of drug-likeness (QED) is 0.398. The number of cyclic esters (lactones) is 1. The number of methoxy groups -OCH3 is 2. The maximum Gasteiger partial charge on any atom is 0.371 e. The van der Waals surface area contributed by atoms with Gasteiger partial charge in [0.15, 0.2) is 11.9 Å². The molecule has 0 saturated carbocycles. The lowest BCUT2D eigenvalue weighted by Crippen LogP contribution is -2.46. The van der Waals surface area contributed by atoms with E-state index in [1.54, 1.807) is 66.7 Å². The fraction of sp³-hybridized carbons (Fsp3) is 0.200. The maximum absolute atomic E-state index is 13.5. The van der Waals surface area contributed by atoms with Crippen molar-refractivity contribution < 1.29 is 33.3 Å². The van der Waals surface area contributed by atoms with Crippen molar-refractivity contribution in [1.29, 1.82) is 0 Å². The van der Waals surface area contributed by atoms with Gasteiger partial charge in [0.2, 0.25) is 0 Å². The fourth-order valence-corrected chi connectivity index (χ4v) is 3.44. The van der Waals surface area contributed by atoms with Gasteiger partial charge in [0.05, 0.1) is 14.2 Å². The molecule has 0 fully saturated rings. The summed E-state index contributed by atoms with van der Waals surface area (Å²) in [6, 6.07) is 20.4. The van der Waals surface area contributed by atoms with Gasteiger partial charge in [-0.25, -0.2) is 4.79 Å². The Labute approximate surface area is 185 Å². The normalized spacial score (nSPS) is 18.0. The second-order valence-electron chi connectivity index (χ2n) is 7.22. The molecule has 3 aromatic carbocycles. The van der Waals surface area contributed by atoms with Crippen LogP contribution in [0.4, 0.5) is 0 Å². The van der Waals surface area contributed by atoms with E-state index in [4.69, 9.17) is 23.7 Å². The average molecular weight is 434 g/mol. The van der Waals surface area contributed by atoms with E-state index in [0.717, 1.165) is 0 Å². The minimum absolute atomic E-state index is 0.280. The van der Waals surface area contributed by atoms with Gasteiger partial charge >= 0.3 is 11.9 Å². The molecule has 32 heavy (non-hydrogen) atoms. The molecule has 0 aliphatic carbocycles. The van der Waals surface area contributed by atoms with Gasteiger partial charge in [0.1, 0.15) is 22.8 Å². The Kier molecular flexibility index (Phi) is 5.83. The van der Waals surface area contributed by atoms with E-state index in [9.17, 15) is 9.59 Å². The van der Waals surface area contributed by atoms with Gasteiger partial charge in [-0.1, -0.05) is 42.5 Å². The number of ether oxygens (including phenoxy) is 5. The van der Waals surface area contributed by atoms with Crippen molar-refractivity contribution in [3.05, 3.63) is 89.5 Å². The Hall–Kier alpha value is -3.84. The summed E-state index contributed by atoms with van der Waals surface area (Å²) in [7, 11) is 3.02. The van der Waals surface area contributed by atoms with Crippen LogP contribution >= 0.6 is 0 Å². The molecule has 0 N–H and O–H groups in total. The molecule has 2 unspecified atom stereocenters. The van der Waals surface area contributed by atoms with Crippen LogP contribution in [0.15, 0.2) is 72.8 Å². The minimum Gasteiger partial charge on any atom is -0.497 e. The fourth-order valence-electron chi connectivity index (χ4n) is 3.44. The van der Waals surface area contributed by atoms with E-state index in [2.05, 4.69) is 0 Å². The lowest BCUT2D eigenvalue weighted by molar-refractivity contribution is -0.321. The summed E-state index contributed by atoms with van der Waals surface area (Å²) in [6.45, 7) is 1.45. The highest BCUT2D eigenvalue weighted by atomic mass is 16.9. The highest BCUT2D eigenvalue weighted by Crippen LogP contribution is 2.38. The first-order chi connectivity index (χ1) is 15.4. The molecule has 1 heterocycles. The Bertz CT molecular complexity index is 1120. The predicted octanol–water partition coefficient (Wildman–Crippen LogP) is 4.57. The van der Waals surface area contributed by atoms with E-state index >= 15 is 0 Å². The summed E-state index contributed by atoms with van der Waals surface area (Å²) in [6.07, 6.45) is -1.18. The lowest BCUT2D eigenvalue weighted by Gasteiger charge is -2.36. The SMILES string of the molecule is COc1cc(OC)cc(C(OC2(C)OC(=O)c3ccccc3O2)C(=O)c2ccccc2)c1. The molecule has 0 amide bonds. The van der Waals surface area contributed by atoms with Crippen LogP contribution < -0.4 is 14.2 Å². The van der Waals surface area contributed by atoms with Crippen molar-refractivity contribution in [2.24, 2.45) is 0 Å². The molecule has 0 saturated heterocycles. The van der Waals surface area contributed by atoms with Gasteiger partial charge in [-0.3, -0.25) is 9.53 Å². The summed E-state index contributed by atoms with van der Waals surface area (Å²) >= 11 is 0. The largest absolute Gasteiger partial charge is 0.497 e. The van der Waals surface area contributed by atoms with Crippen LogP contribution in [-0.4, -0.2) is 31.9 Å². The molecule has 0 spiro atoms. The van der Waals surface area contributed by atoms with Gasteiger partial charge < -0.3 is 18.9 Å². The number of ketones is 1. The first-order valence-electron chi connectivity index (χ1n) is 9.94. The molecular weight excluding hydrogens is 412 g/mol. The van der Waals surface area contributed by atoms with Gasteiger partial charge in [0.25, 0.3) is 0 Å². The van der Waals surface area contributed by atoms with E-state index < -0.39 is 18.0 Å². The highest BCUT2D eigenvalue weighted by molar-refractivity contribution is 6.00. The second kappa shape index (κ2) is 8.72. The molecule has 7 nitrogen and oxygen atoms in total. The molecule has 7 heteroatoms. The molecule has 3 aromatic rings. The summed E-state index contributed by atoms with van der Waals surface area (Å²) < 4.78 is 28.1. The van der Waals surface area contributed by atoms with Crippen molar-refractivity contribution in [2.75, 3.05) is 14.2 Å². The first-order valence-corrected chi connectivity index (χ1v) is 9.94. The summed E-state index contributed by atoms with van der Waals surface area (Å²) in [5, 5.41) is 0. The highest BCUT2D eigenvalue weighted by Gasteiger charge is 2.43. The van der Waals surface area contributed by atoms with Gasteiger partial charge in [-0.05, 0) is 29.8 Å². The Morgan fingerprint density at radius 3 is 2.16 bits per heavy atom. The predicted molar refractivity (Wildman–Crippen MR) is 115 cm³/mol. The number of fused-ring (bicyclic) bond motifs is 1. The molecule has 1 aliphatic rings. The molecule has 1 aliphatic heterocycles. The molecule has 0 bridgehead atoms. The average Bonchev–Trinajstić information content (AvgIpc) is 2.82. The van der Waals surface area contributed by atoms with E-state index in [1.165, 1.54) is 21.1 Å². The first kappa shape index (κ1) is 21.4. The molecule has 0 aromatic heterocycles. The molecule has 2 atom stereocenters. The molecular formula is C25H22O7. The zero-order valence-corrected chi connectivity index (χ0v) is 17.9. The molecule has 0 radical (unpaired) electrons. The number of carbonyl (C=O) groups is 2. The van der Waals surface area contributed by atoms with Crippen LogP contribution in [0, 0.1) is 0 Å². The summed E-state index contributed by atoms with van der Waals surface area (Å²) in [4.78, 5) is 26.0. The molecule has 4 rings (SSSR count). The third kappa shape index (κ3) is 4.29. The van der Waals surface area contributed by atoms with Crippen molar-refractivity contribution >= 4 is 11.8 Å². The summed E-state index contributed by atoms with van der Waals surface area (Å²) in [5.41, 5.74) is 1.16. The zero-order valence-electron chi connectivity index (χ0n) is 17.9. The van der Waals surface area contributed by atoms with Crippen LogP contribution in [-0.2, 0) is 9.47 Å².